The van der Waals surface area contributed by atoms with Gasteiger partial charge in [-0.2, -0.15) is 0 Å². The molecule has 0 aromatic heterocycles. The molecule has 17 heavy (non-hydrogen) atoms. The molecule has 0 atom stereocenters. The van der Waals surface area contributed by atoms with Crippen LogP contribution in [-0.4, -0.2) is 98.6 Å². The van der Waals surface area contributed by atoms with Gasteiger partial charge in [0.1, 0.15) is 0 Å². The zero-order chi connectivity index (χ0) is 12.1. The summed E-state index contributed by atoms with van der Waals surface area (Å²) in [6.45, 7) is 16.1. The molecule has 0 radical (unpaired) electrons. The van der Waals surface area contributed by atoms with Crippen LogP contribution in [0.15, 0.2) is 0 Å². The lowest BCUT2D eigenvalue weighted by Crippen LogP contribution is -2.50. The average molecular weight is 240 g/mol. The molecule has 0 spiro atoms. The molecule has 2 aliphatic rings. The molecule has 0 aliphatic carbocycles. The number of likely N-dealkylation sites (N-methyl/N-ethyl adjacent to an activating group) is 2. The molecule has 0 aromatic rings. The third-order valence-electron chi connectivity index (χ3n) is 4.24. The first-order valence-corrected chi connectivity index (χ1v) is 7.13. The molecule has 0 unspecified atom stereocenters. The molecule has 0 amide bonds. The molecule has 2 aliphatic heterocycles. The Balaban J connectivity index is 1.59. The van der Waals surface area contributed by atoms with Crippen LogP contribution in [0.2, 0.25) is 0 Å². The lowest BCUT2D eigenvalue weighted by Gasteiger charge is -2.37. The van der Waals surface area contributed by atoms with Crippen LogP contribution in [0, 0.1) is 0 Å². The Morgan fingerprint density at radius 3 is 1.53 bits per heavy atom. The summed E-state index contributed by atoms with van der Waals surface area (Å²) in [5.74, 6) is 0. The van der Waals surface area contributed by atoms with Crippen LogP contribution in [0.5, 0.6) is 0 Å². The van der Waals surface area contributed by atoms with Gasteiger partial charge in [0.25, 0.3) is 0 Å². The van der Waals surface area contributed by atoms with Crippen molar-refractivity contribution in [2.75, 3.05) is 79.0 Å². The van der Waals surface area contributed by atoms with E-state index < -0.39 is 0 Å². The van der Waals surface area contributed by atoms with Crippen molar-refractivity contribution in [1.82, 2.24) is 19.6 Å². The van der Waals surface area contributed by atoms with E-state index in [1.807, 2.05) is 0 Å². The highest BCUT2D eigenvalue weighted by molar-refractivity contribution is 4.74. The maximum absolute atomic E-state index is 2.63. The van der Waals surface area contributed by atoms with Crippen LogP contribution in [0.3, 0.4) is 0 Å². The van der Waals surface area contributed by atoms with Crippen molar-refractivity contribution in [3.05, 3.63) is 0 Å². The van der Waals surface area contributed by atoms with Crippen LogP contribution in [0.1, 0.15) is 6.92 Å². The number of hydrogen-bond acceptors (Lipinski definition) is 4. The van der Waals surface area contributed by atoms with Crippen molar-refractivity contribution in [2.45, 2.75) is 6.92 Å². The normalized spacial score (nSPS) is 26.5. The summed E-state index contributed by atoms with van der Waals surface area (Å²) in [6.07, 6.45) is 0. The van der Waals surface area contributed by atoms with Crippen LogP contribution >= 0.6 is 0 Å². The Morgan fingerprint density at radius 1 is 0.647 bits per heavy atom. The van der Waals surface area contributed by atoms with Crippen molar-refractivity contribution < 1.29 is 0 Å². The summed E-state index contributed by atoms with van der Waals surface area (Å²) in [6, 6.07) is 0. The minimum absolute atomic E-state index is 1.21. The Bertz CT molecular complexity index is 205. The Kier molecular flexibility index (Phi) is 5.22. The molecule has 0 saturated carbocycles. The Hall–Kier alpha value is -0.160. The van der Waals surface area contributed by atoms with E-state index in [1.54, 1.807) is 0 Å². The van der Waals surface area contributed by atoms with Crippen LogP contribution < -0.4 is 0 Å². The Morgan fingerprint density at radius 2 is 1.06 bits per heavy atom. The SMILES string of the molecule is CCN1CCN(CCN2CCN(C)CC2)CC1. The van der Waals surface area contributed by atoms with Gasteiger partial charge in [-0.15, -0.1) is 0 Å². The van der Waals surface area contributed by atoms with Crippen molar-refractivity contribution in [2.24, 2.45) is 0 Å². The van der Waals surface area contributed by atoms with Crippen LogP contribution in [-0.2, 0) is 0 Å². The lowest BCUT2D eigenvalue weighted by atomic mass is 10.3. The summed E-state index contributed by atoms with van der Waals surface area (Å²) >= 11 is 0. The van der Waals surface area contributed by atoms with E-state index in [0.717, 1.165) is 0 Å². The van der Waals surface area contributed by atoms with Crippen molar-refractivity contribution >= 4 is 0 Å². The van der Waals surface area contributed by atoms with Gasteiger partial charge in [-0.05, 0) is 13.6 Å². The van der Waals surface area contributed by atoms with E-state index in [4.69, 9.17) is 0 Å². The first kappa shape index (κ1) is 13.3. The van der Waals surface area contributed by atoms with E-state index in [2.05, 4.69) is 33.6 Å². The van der Waals surface area contributed by atoms with Crippen molar-refractivity contribution in [3.63, 3.8) is 0 Å². The van der Waals surface area contributed by atoms with Crippen molar-refractivity contribution in [3.8, 4) is 0 Å². The van der Waals surface area contributed by atoms with E-state index in [1.165, 1.54) is 72.0 Å². The molecule has 2 fully saturated rings. The fourth-order valence-electron chi connectivity index (χ4n) is 2.68. The maximum Gasteiger partial charge on any atom is 0.0110 e. The zero-order valence-corrected chi connectivity index (χ0v) is 11.6. The smallest absolute Gasteiger partial charge is 0.0110 e. The third-order valence-corrected chi connectivity index (χ3v) is 4.24. The number of rotatable bonds is 4. The van der Waals surface area contributed by atoms with E-state index >= 15 is 0 Å². The second kappa shape index (κ2) is 6.69. The second-order valence-corrected chi connectivity index (χ2v) is 5.42. The molecule has 0 bridgehead atoms. The topological polar surface area (TPSA) is 13.0 Å². The predicted molar refractivity (Wildman–Crippen MR) is 72.5 cm³/mol. The molecule has 100 valence electrons. The molecule has 2 rings (SSSR count). The molecule has 4 heteroatoms. The summed E-state index contributed by atoms with van der Waals surface area (Å²) < 4.78 is 0. The number of piperazine rings is 2. The minimum Gasteiger partial charge on any atom is -0.304 e. The summed E-state index contributed by atoms with van der Waals surface area (Å²) in [5.41, 5.74) is 0. The Labute approximate surface area is 106 Å². The van der Waals surface area contributed by atoms with Crippen molar-refractivity contribution in [1.29, 1.82) is 0 Å². The summed E-state index contributed by atoms with van der Waals surface area (Å²) in [7, 11) is 2.22. The summed E-state index contributed by atoms with van der Waals surface area (Å²) in [5, 5.41) is 0. The third kappa shape index (κ3) is 4.21. The van der Waals surface area contributed by atoms with Gasteiger partial charge < -0.3 is 9.80 Å². The van der Waals surface area contributed by atoms with Crippen LogP contribution in [0.25, 0.3) is 0 Å². The monoisotopic (exact) mass is 240 g/mol. The quantitative estimate of drug-likeness (QED) is 0.679. The fourth-order valence-corrected chi connectivity index (χ4v) is 2.68. The highest BCUT2D eigenvalue weighted by atomic mass is 15.3. The van der Waals surface area contributed by atoms with E-state index in [-0.39, 0.29) is 0 Å². The molecule has 0 N–H and O–H groups in total. The molecular weight excluding hydrogens is 212 g/mol. The molecule has 2 saturated heterocycles. The summed E-state index contributed by atoms with van der Waals surface area (Å²) in [4.78, 5) is 10.2. The standard InChI is InChI=1S/C13H28N4/c1-3-15-8-10-17(11-9-15)13-12-16-6-4-14(2)5-7-16/h3-13H2,1-2H3. The van der Waals surface area contributed by atoms with Gasteiger partial charge in [-0.3, -0.25) is 9.80 Å². The first-order valence-electron chi connectivity index (χ1n) is 7.13. The predicted octanol–water partition coefficient (Wildman–Crippen LogP) is -0.129. The van der Waals surface area contributed by atoms with Gasteiger partial charge in [0.05, 0.1) is 0 Å². The van der Waals surface area contributed by atoms with Gasteiger partial charge >= 0.3 is 0 Å². The molecule has 0 aromatic carbocycles. The van der Waals surface area contributed by atoms with E-state index in [9.17, 15) is 0 Å². The highest BCUT2D eigenvalue weighted by Crippen LogP contribution is 2.03. The largest absolute Gasteiger partial charge is 0.304 e. The minimum atomic E-state index is 1.21. The second-order valence-electron chi connectivity index (χ2n) is 5.42. The molecule has 4 nitrogen and oxygen atoms in total. The van der Waals surface area contributed by atoms with Crippen LogP contribution in [0.4, 0.5) is 0 Å². The van der Waals surface area contributed by atoms with Gasteiger partial charge in [0.2, 0.25) is 0 Å². The lowest BCUT2D eigenvalue weighted by molar-refractivity contribution is 0.104. The van der Waals surface area contributed by atoms with Gasteiger partial charge in [-0.25, -0.2) is 0 Å². The average Bonchev–Trinajstić information content (AvgIpc) is 2.39. The first-order chi connectivity index (χ1) is 8.28. The highest BCUT2D eigenvalue weighted by Gasteiger charge is 2.17. The van der Waals surface area contributed by atoms with Gasteiger partial charge in [-0.1, -0.05) is 6.92 Å². The fraction of sp³-hybridized carbons (Fsp3) is 1.00. The number of hydrogen-bond donors (Lipinski definition) is 0. The molecular formula is C13H28N4. The van der Waals surface area contributed by atoms with Gasteiger partial charge in [0, 0.05) is 65.4 Å². The number of nitrogens with zero attached hydrogens (tertiary/aromatic N) is 4. The van der Waals surface area contributed by atoms with E-state index in [0.29, 0.717) is 0 Å². The maximum atomic E-state index is 2.63. The molecule has 2 heterocycles. The van der Waals surface area contributed by atoms with Gasteiger partial charge in [0.15, 0.2) is 0 Å². The zero-order valence-electron chi connectivity index (χ0n) is 11.6.